The summed E-state index contributed by atoms with van der Waals surface area (Å²) in [4.78, 5) is 39.0. The molecular formula is C27H41N3O6. The van der Waals surface area contributed by atoms with Crippen molar-refractivity contribution in [2.45, 2.75) is 102 Å². The van der Waals surface area contributed by atoms with E-state index in [4.69, 9.17) is 14.2 Å². The molecule has 0 saturated carbocycles. The van der Waals surface area contributed by atoms with Gasteiger partial charge in [-0.15, -0.1) is 0 Å². The molecule has 3 aliphatic heterocycles. The number of fused-ring (bicyclic) bond motifs is 14. The van der Waals surface area contributed by atoms with Crippen molar-refractivity contribution in [2.75, 3.05) is 13.2 Å². The number of carbonyl (C=O) groups excluding carboxylic acids is 3. The van der Waals surface area contributed by atoms with Crippen LogP contribution in [0.25, 0.3) is 0 Å². The highest BCUT2D eigenvalue weighted by molar-refractivity contribution is 5.91. The fraction of sp³-hybridized carbons (Fsp3) is 0.667. The summed E-state index contributed by atoms with van der Waals surface area (Å²) >= 11 is 0. The minimum Gasteiger partial charge on any atom is -0.494 e. The summed E-state index contributed by atoms with van der Waals surface area (Å²) in [6, 6.07) is 6.15. The smallest absolute Gasteiger partial charge is 0.408 e. The van der Waals surface area contributed by atoms with Gasteiger partial charge in [-0.2, -0.15) is 0 Å². The van der Waals surface area contributed by atoms with Gasteiger partial charge in [0.15, 0.2) is 0 Å². The lowest BCUT2D eigenvalue weighted by atomic mass is 10.0. The molecular weight excluding hydrogens is 462 g/mol. The molecule has 200 valence electrons. The first-order valence-corrected chi connectivity index (χ1v) is 13.1. The summed E-state index contributed by atoms with van der Waals surface area (Å²) in [7, 11) is 0. The van der Waals surface area contributed by atoms with E-state index in [0.717, 1.165) is 24.2 Å². The first-order valence-electron chi connectivity index (χ1n) is 13.1. The fourth-order valence-corrected chi connectivity index (χ4v) is 4.13. The van der Waals surface area contributed by atoms with Gasteiger partial charge in [0.05, 0.1) is 19.3 Å². The average molecular weight is 504 g/mol. The minimum absolute atomic E-state index is 0.0453. The second-order valence-electron chi connectivity index (χ2n) is 10.6. The molecule has 2 bridgehead atoms. The first-order chi connectivity index (χ1) is 17.1. The molecule has 0 unspecified atom stereocenters. The van der Waals surface area contributed by atoms with E-state index in [1.165, 1.54) is 0 Å². The van der Waals surface area contributed by atoms with E-state index in [0.29, 0.717) is 45.3 Å². The fourth-order valence-electron chi connectivity index (χ4n) is 4.13. The molecule has 4 rings (SSSR count). The molecule has 4 atom stereocenters. The van der Waals surface area contributed by atoms with Gasteiger partial charge in [0.2, 0.25) is 11.8 Å². The van der Waals surface area contributed by atoms with Gasteiger partial charge >= 0.3 is 6.09 Å². The Morgan fingerprint density at radius 1 is 1.11 bits per heavy atom. The standard InChI is InChI=1S/C27H41N3O6/c1-5-6-9-20-24(31)29-22(23-17-35-23)16-18-11-13-19(14-12-18)34-15-8-7-10-21(25(32)28-20)30-26(33)36-27(2,3)4/h11-14,20-23H,5-10,15-17H2,1-4H3,(H,28,32)(H,29,31)(H,30,33)/t20-,21+,22-,23+/m0/s1. The van der Waals surface area contributed by atoms with Gasteiger partial charge in [-0.25, -0.2) is 4.79 Å². The van der Waals surface area contributed by atoms with Crippen molar-refractivity contribution in [3.63, 3.8) is 0 Å². The van der Waals surface area contributed by atoms with Crippen LogP contribution in [-0.2, 0) is 25.5 Å². The summed E-state index contributed by atoms with van der Waals surface area (Å²) < 4.78 is 16.7. The highest BCUT2D eigenvalue weighted by Crippen LogP contribution is 2.21. The third-order valence-corrected chi connectivity index (χ3v) is 6.16. The lowest BCUT2D eigenvalue weighted by Crippen LogP contribution is -2.56. The Morgan fingerprint density at radius 3 is 2.47 bits per heavy atom. The van der Waals surface area contributed by atoms with Crippen molar-refractivity contribution in [1.82, 2.24) is 16.0 Å². The van der Waals surface area contributed by atoms with Gasteiger partial charge in [-0.05, 0) is 70.6 Å². The Balaban J connectivity index is 1.79. The van der Waals surface area contributed by atoms with Crippen molar-refractivity contribution < 1.29 is 28.6 Å². The van der Waals surface area contributed by atoms with E-state index >= 15 is 0 Å². The lowest BCUT2D eigenvalue weighted by molar-refractivity contribution is -0.130. The molecule has 1 saturated heterocycles. The number of rotatable bonds is 5. The number of hydrogen-bond donors (Lipinski definition) is 3. The van der Waals surface area contributed by atoms with Crippen LogP contribution in [0.15, 0.2) is 24.3 Å². The van der Waals surface area contributed by atoms with Gasteiger partial charge in [-0.1, -0.05) is 31.9 Å². The van der Waals surface area contributed by atoms with E-state index in [2.05, 4.69) is 16.0 Å². The van der Waals surface area contributed by atoms with Crippen molar-refractivity contribution >= 4 is 17.9 Å². The Labute approximate surface area is 214 Å². The topological polar surface area (TPSA) is 118 Å². The molecule has 36 heavy (non-hydrogen) atoms. The molecule has 3 amide bonds. The summed E-state index contributed by atoms with van der Waals surface area (Å²) in [6.45, 7) is 8.44. The van der Waals surface area contributed by atoms with Crippen LogP contribution in [0.4, 0.5) is 4.79 Å². The van der Waals surface area contributed by atoms with Gasteiger partial charge in [-0.3, -0.25) is 9.59 Å². The molecule has 0 radical (unpaired) electrons. The quantitative estimate of drug-likeness (QED) is 0.531. The number of ether oxygens (including phenoxy) is 3. The maximum atomic E-state index is 13.3. The molecule has 0 aliphatic carbocycles. The van der Waals surface area contributed by atoms with Crippen LogP contribution in [-0.4, -0.2) is 61.0 Å². The van der Waals surface area contributed by atoms with Crippen LogP contribution in [0.5, 0.6) is 5.75 Å². The Morgan fingerprint density at radius 2 is 1.83 bits per heavy atom. The Hall–Kier alpha value is -2.81. The zero-order chi connectivity index (χ0) is 26.1. The Bertz CT molecular complexity index is 878. The third kappa shape index (κ3) is 9.33. The predicted molar refractivity (Wildman–Crippen MR) is 136 cm³/mol. The third-order valence-electron chi connectivity index (χ3n) is 6.16. The van der Waals surface area contributed by atoms with E-state index < -0.39 is 29.7 Å². The maximum absolute atomic E-state index is 13.3. The second-order valence-corrected chi connectivity index (χ2v) is 10.6. The normalized spacial score (nSPS) is 25.7. The minimum atomic E-state index is -0.825. The number of carbonyl (C=O) groups is 3. The van der Waals surface area contributed by atoms with E-state index in [1.807, 2.05) is 31.2 Å². The molecule has 3 heterocycles. The summed E-state index contributed by atoms with van der Waals surface area (Å²) in [5, 5.41) is 8.69. The average Bonchev–Trinajstić information content (AvgIpc) is 3.65. The molecule has 3 N–H and O–H groups in total. The first kappa shape index (κ1) is 27.8. The van der Waals surface area contributed by atoms with Crippen LogP contribution >= 0.6 is 0 Å². The van der Waals surface area contributed by atoms with Crippen LogP contribution in [0, 0.1) is 0 Å². The van der Waals surface area contributed by atoms with E-state index in [-0.39, 0.29) is 18.1 Å². The number of unbranched alkanes of at least 4 members (excludes halogenated alkanes) is 1. The van der Waals surface area contributed by atoms with Crippen molar-refractivity contribution in [3.8, 4) is 5.75 Å². The van der Waals surface area contributed by atoms with Gasteiger partial charge < -0.3 is 30.2 Å². The van der Waals surface area contributed by atoms with Crippen LogP contribution in [0.1, 0.15) is 71.8 Å². The van der Waals surface area contributed by atoms with Crippen LogP contribution in [0.2, 0.25) is 0 Å². The Kier molecular flexibility index (Phi) is 9.98. The van der Waals surface area contributed by atoms with Gasteiger partial charge in [0, 0.05) is 0 Å². The molecule has 1 fully saturated rings. The van der Waals surface area contributed by atoms with Crippen LogP contribution in [0.3, 0.4) is 0 Å². The van der Waals surface area contributed by atoms with Crippen molar-refractivity contribution in [1.29, 1.82) is 0 Å². The summed E-state index contributed by atoms with van der Waals surface area (Å²) in [6.07, 6.45) is 3.85. The van der Waals surface area contributed by atoms with E-state index in [1.54, 1.807) is 20.8 Å². The highest BCUT2D eigenvalue weighted by atomic mass is 16.6. The number of alkyl carbamates (subject to hydrolysis) is 1. The SMILES string of the molecule is CCCC[C@@H]1NC(=O)[C@H](NC(=O)OC(C)(C)C)CCCCOc2ccc(cc2)C[C@@H]([C@H]2CO2)NC1=O. The molecule has 1 aromatic rings. The molecule has 0 spiro atoms. The predicted octanol–water partition coefficient (Wildman–Crippen LogP) is 3.24. The molecule has 3 aliphatic rings. The monoisotopic (exact) mass is 503 g/mol. The number of nitrogens with one attached hydrogen (secondary N) is 3. The van der Waals surface area contributed by atoms with Crippen molar-refractivity contribution in [2.24, 2.45) is 0 Å². The number of benzene rings is 1. The second kappa shape index (κ2) is 12.9. The highest BCUT2D eigenvalue weighted by Gasteiger charge is 2.36. The molecule has 9 heteroatoms. The number of hydrogen-bond acceptors (Lipinski definition) is 6. The summed E-state index contributed by atoms with van der Waals surface area (Å²) in [5.41, 5.74) is 0.382. The van der Waals surface area contributed by atoms with E-state index in [9.17, 15) is 14.4 Å². The van der Waals surface area contributed by atoms with Gasteiger partial charge in [0.25, 0.3) is 0 Å². The van der Waals surface area contributed by atoms with Gasteiger partial charge in [0.1, 0.15) is 29.5 Å². The summed E-state index contributed by atoms with van der Waals surface area (Å²) in [5.74, 6) is 0.137. The number of amides is 3. The number of epoxide rings is 1. The molecule has 0 aromatic heterocycles. The zero-order valence-corrected chi connectivity index (χ0v) is 21.9. The van der Waals surface area contributed by atoms with Crippen LogP contribution < -0.4 is 20.7 Å². The molecule has 1 aromatic carbocycles. The molecule has 9 nitrogen and oxygen atoms in total. The largest absolute Gasteiger partial charge is 0.494 e. The zero-order valence-electron chi connectivity index (χ0n) is 21.9. The van der Waals surface area contributed by atoms with Crippen molar-refractivity contribution in [3.05, 3.63) is 29.8 Å². The lowest BCUT2D eigenvalue weighted by Gasteiger charge is -2.26. The maximum Gasteiger partial charge on any atom is 0.408 e.